The lowest BCUT2D eigenvalue weighted by atomic mass is 9.76. The van der Waals surface area contributed by atoms with Gasteiger partial charge in [-0.25, -0.2) is 9.59 Å². The van der Waals surface area contributed by atoms with Gasteiger partial charge in [-0.05, 0) is 32.6 Å². The Morgan fingerprint density at radius 2 is 1.18 bits per heavy atom. The maximum atomic E-state index is 12.2. The molecule has 0 aliphatic carbocycles. The number of hydrogen-bond donors (Lipinski definition) is 3. The Morgan fingerprint density at radius 1 is 0.788 bits per heavy atom. The first-order valence-electron chi connectivity index (χ1n) is 12.3. The van der Waals surface area contributed by atoms with Crippen molar-refractivity contribution < 1.29 is 34.4 Å². The Morgan fingerprint density at radius 3 is 1.55 bits per heavy atom. The fourth-order valence-corrected chi connectivity index (χ4v) is 3.45. The first-order chi connectivity index (χ1) is 15.7. The van der Waals surface area contributed by atoms with Gasteiger partial charge in [-0.1, -0.05) is 70.9 Å². The van der Waals surface area contributed by atoms with Crippen molar-refractivity contribution in [1.82, 2.24) is 0 Å². The summed E-state index contributed by atoms with van der Waals surface area (Å²) in [6, 6.07) is 0. The van der Waals surface area contributed by atoms with E-state index in [4.69, 9.17) is 9.47 Å². The zero-order valence-corrected chi connectivity index (χ0v) is 20.9. The molecule has 0 aromatic carbocycles. The first-order valence-corrected chi connectivity index (χ1v) is 12.3. The van der Waals surface area contributed by atoms with Gasteiger partial charge in [0.05, 0.1) is 26.4 Å². The normalized spacial score (nSPS) is 13.0. The monoisotopic (exact) mass is 470 g/mol. The molecule has 1 unspecified atom stereocenters. The maximum absolute atomic E-state index is 12.2. The van der Waals surface area contributed by atoms with Crippen molar-refractivity contribution in [3.63, 3.8) is 0 Å². The van der Waals surface area contributed by atoms with Gasteiger partial charge in [0, 0.05) is 23.2 Å². The minimum Gasteiger partial charge on any atom is -0.462 e. The van der Waals surface area contributed by atoms with Crippen molar-refractivity contribution in [2.45, 2.75) is 85.0 Å². The van der Waals surface area contributed by atoms with Gasteiger partial charge in [0.15, 0.2) is 0 Å². The van der Waals surface area contributed by atoms with Crippen LogP contribution in [0.25, 0.3) is 0 Å². The predicted octanol–water partition coefficient (Wildman–Crippen LogP) is 4.10. The minimum absolute atomic E-state index is 0.201. The van der Waals surface area contributed by atoms with E-state index in [0.717, 1.165) is 44.9 Å². The highest BCUT2D eigenvalue weighted by Gasteiger charge is 2.33. The molecule has 0 aliphatic rings. The highest BCUT2D eigenvalue weighted by Crippen LogP contribution is 2.30. The molecule has 3 N–H and O–H groups in total. The van der Waals surface area contributed by atoms with Crippen molar-refractivity contribution >= 4 is 11.9 Å². The highest BCUT2D eigenvalue weighted by molar-refractivity contribution is 5.88. The molecular formula is C26H46O7. The molecule has 33 heavy (non-hydrogen) atoms. The summed E-state index contributed by atoms with van der Waals surface area (Å²) in [5.41, 5.74) is -0.279. The molecule has 1 atom stereocenters. The molecule has 0 radical (unpaired) electrons. The molecule has 0 spiro atoms. The summed E-state index contributed by atoms with van der Waals surface area (Å²) < 4.78 is 10.4. The zero-order valence-electron chi connectivity index (χ0n) is 20.9. The van der Waals surface area contributed by atoms with Crippen LogP contribution < -0.4 is 0 Å². The second-order valence-electron chi connectivity index (χ2n) is 9.05. The lowest BCUT2D eigenvalue weighted by molar-refractivity contribution is -0.140. The van der Waals surface area contributed by atoms with Gasteiger partial charge in [-0.15, -0.1) is 0 Å². The van der Waals surface area contributed by atoms with Gasteiger partial charge < -0.3 is 24.8 Å². The molecule has 0 aromatic heterocycles. The first kappa shape index (κ1) is 31.3. The Labute approximate surface area is 199 Å². The third-order valence-electron chi connectivity index (χ3n) is 6.02. The van der Waals surface area contributed by atoms with Crippen molar-refractivity contribution in [3.05, 3.63) is 23.8 Å². The number of aliphatic hydroxyl groups is 3. The number of unbranched alkanes of at least 4 members (excludes halogenated alkanes) is 9. The summed E-state index contributed by atoms with van der Waals surface area (Å²) in [6.07, 6.45) is 12.3. The van der Waals surface area contributed by atoms with E-state index in [9.17, 15) is 24.9 Å². The number of rotatable bonds is 20. The van der Waals surface area contributed by atoms with E-state index in [1.807, 2.05) is 0 Å². The number of hydrogen-bond acceptors (Lipinski definition) is 7. The van der Waals surface area contributed by atoms with Crippen LogP contribution in [0.4, 0.5) is 0 Å². The molecule has 0 aromatic rings. The molecule has 0 fully saturated rings. The van der Waals surface area contributed by atoms with Crippen molar-refractivity contribution in [3.8, 4) is 0 Å². The summed E-state index contributed by atoms with van der Waals surface area (Å²) in [4.78, 5) is 23.4. The van der Waals surface area contributed by atoms with Crippen LogP contribution in [0.5, 0.6) is 0 Å². The van der Waals surface area contributed by atoms with E-state index in [1.54, 1.807) is 20.8 Å². The summed E-state index contributed by atoms with van der Waals surface area (Å²) in [5, 5.41) is 28.7. The molecule has 0 saturated heterocycles. The van der Waals surface area contributed by atoms with Gasteiger partial charge in [0.2, 0.25) is 0 Å². The molecule has 7 nitrogen and oxygen atoms in total. The van der Waals surface area contributed by atoms with Crippen LogP contribution in [0.15, 0.2) is 23.8 Å². The number of carbonyl (C=O) groups is 2. The van der Waals surface area contributed by atoms with Crippen LogP contribution in [-0.2, 0) is 19.1 Å². The minimum atomic E-state index is -1.05. The second kappa shape index (κ2) is 18.7. The van der Waals surface area contributed by atoms with E-state index in [2.05, 4.69) is 6.58 Å². The largest absolute Gasteiger partial charge is 0.462 e. The molecule has 0 heterocycles. The summed E-state index contributed by atoms with van der Waals surface area (Å²) >= 11 is 0. The van der Waals surface area contributed by atoms with Crippen LogP contribution in [0.3, 0.4) is 0 Å². The van der Waals surface area contributed by atoms with Crippen LogP contribution >= 0.6 is 0 Å². The molecule has 192 valence electrons. The molecule has 0 bridgehead atoms. The van der Waals surface area contributed by atoms with E-state index >= 15 is 0 Å². The lowest BCUT2D eigenvalue weighted by Gasteiger charge is -2.32. The van der Waals surface area contributed by atoms with E-state index in [0.29, 0.717) is 24.4 Å². The third kappa shape index (κ3) is 13.6. The summed E-state index contributed by atoms with van der Waals surface area (Å²) in [5.74, 6) is -1.16. The van der Waals surface area contributed by atoms with Crippen LogP contribution in [0.1, 0.15) is 85.0 Å². The molecule has 0 aliphatic heterocycles. The van der Waals surface area contributed by atoms with Crippen molar-refractivity contribution in [2.75, 3.05) is 33.0 Å². The smallest absolute Gasteiger partial charge is 0.333 e. The fourth-order valence-electron chi connectivity index (χ4n) is 3.45. The average Bonchev–Trinajstić information content (AvgIpc) is 2.81. The molecule has 0 rings (SSSR count). The van der Waals surface area contributed by atoms with Crippen LogP contribution in [0, 0.1) is 11.3 Å². The summed E-state index contributed by atoms with van der Waals surface area (Å²) in [7, 11) is 0. The van der Waals surface area contributed by atoms with Crippen LogP contribution in [0.2, 0.25) is 0 Å². The van der Waals surface area contributed by atoms with Crippen molar-refractivity contribution in [2.24, 2.45) is 11.3 Å². The van der Waals surface area contributed by atoms with Gasteiger partial charge >= 0.3 is 11.9 Å². The quantitative estimate of drug-likeness (QED) is 0.139. The number of aliphatic hydroxyl groups excluding tert-OH is 3. The Hall–Kier alpha value is -1.70. The molecular weight excluding hydrogens is 424 g/mol. The number of esters is 2. The average molecular weight is 471 g/mol. The van der Waals surface area contributed by atoms with Crippen LogP contribution in [-0.4, -0.2) is 60.3 Å². The molecule has 0 saturated carbocycles. The maximum Gasteiger partial charge on any atom is 0.333 e. The predicted molar refractivity (Wildman–Crippen MR) is 130 cm³/mol. The van der Waals surface area contributed by atoms with E-state index in [-0.39, 0.29) is 31.7 Å². The number of carbonyl (C=O) groups excluding carboxylic acids is 2. The molecule has 0 amide bonds. The zero-order chi connectivity index (χ0) is 25.1. The fraction of sp³-hybridized carbons (Fsp3) is 0.769. The molecule has 7 heteroatoms. The summed E-state index contributed by atoms with van der Waals surface area (Å²) in [6.45, 7) is 8.41. The van der Waals surface area contributed by atoms with Gasteiger partial charge in [0.25, 0.3) is 0 Å². The Bertz CT molecular complexity index is 593. The van der Waals surface area contributed by atoms with Crippen molar-refractivity contribution in [1.29, 1.82) is 0 Å². The SMILES string of the molecule is C=C(C)C(=O)OCCCCCCCCCCCCOC(=O)C(C)=CC(CO)(CO)C(C)CO. The Balaban J connectivity index is 3.80. The van der Waals surface area contributed by atoms with Gasteiger partial charge in [0.1, 0.15) is 0 Å². The standard InChI is InChI=1S/C26H46O7/c1-21(2)24(30)32-15-13-11-9-7-5-6-8-10-12-14-16-33-25(31)22(3)17-26(19-28,20-29)23(4)18-27/h17,23,27-29H,1,5-16,18-20H2,2-4H3. The van der Waals surface area contributed by atoms with Gasteiger partial charge in [-0.3, -0.25) is 0 Å². The second-order valence-corrected chi connectivity index (χ2v) is 9.05. The number of ether oxygens (including phenoxy) is 2. The third-order valence-corrected chi connectivity index (χ3v) is 6.02. The van der Waals surface area contributed by atoms with Gasteiger partial charge in [-0.2, -0.15) is 0 Å². The van der Waals surface area contributed by atoms with E-state index in [1.165, 1.54) is 25.3 Å². The van der Waals surface area contributed by atoms with E-state index < -0.39 is 11.4 Å². The topological polar surface area (TPSA) is 113 Å². The Kier molecular flexibility index (Phi) is 17.7. The highest BCUT2D eigenvalue weighted by atomic mass is 16.5. The lowest BCUT2D eigenvalue weighted by Crippen LogP contribution is -2.37.